The number of amides is 1. The minimum absolute atomic E-state index is 0.206. The van der Waals surface area contributed by atoms with Crippen molar-refractivity contribution in [3.63, 3.8) is 0 Å². The lowest BCUT2D eigenvalue weighted by Crippen LogP contribution is -2.11. The molecule has 0 radical (unpaired) electrons. The number of anilines is 1. The molecular weight excluding hydrogens is 356 g/mol. The van der Waals surface area contributed by atoms with Gasteiger partial charge >= 0.3 is 0 Å². The normalized spacial score (nSPS) is 10.6. The van der Waals surface area contributed by atoms with Crippen LogP contribution in [0.5, 0.6) is 11.5 Å². The zero-order chi connectivity index (χ0) is 19.5. The number of nitrogens with one attached hydrogen (secondary N) is 1. The number of methoxy groups -OCH3 is 2. The van der Waals surface area contributed by atoms with E-state index in [9.17, 15) is 4.79 Å². The second-order valence-corrected chi connectivity index (χ2v) is 6.12. The lowest BCUT2D eigenvalue weighted by molar-refractivity contribution is 0.102. The molecule has 4 rings (SSSR count). The molecule has 1 aromatic heterocycles. The molecule has 1 N–H and O–H groups in total. The number of hydrogen-bond acceptors (Lipinski definition) is 5. The number of nitrogens with zero attached hydrogens (tertiary/aromatic N) is 1. The van der Waals surface area contributed by atoms with E-state index in [4.69, 9.17) is 13.9 Å². The van der Waals surface area contributed by atoms with E-state index < -0.39 is 0 Å². The molecule has 0 fully saturated rings. The quantitative estimate of drug-likeness (QED) is 0.545. The monoisotopic (exact) mass is 374 g/mol. The van der Waals surface area contributed by atoms with Crippen molar-refractivity contribution >= 4 is 22.7 Å². The maximum atomic E-state index is 12.5. The third kappa shape index (κ3) is 3.53. The van der Waals surface area contributed by atoms with Gasteiger partial charge in [0.2, 0.25) is 5.89 Å². The molecule has 0 saturated carbocycles. The highest BCUT2D eigenvalue weighted by Gasteiger charge is 2.11. The molecule has 0 aliphatic carbocycles. The molecule has 0 spiro atoms. The summed E-state index contributed by atoms with van der Waals surface area (Å²) < 4.78 is 16.2. The van der Waals surface area contributed by atoms with Gasteiger partial charge in [-0.15, -0.1) is 0 Å². The topological polar surface area (TPSA) is 73.6 Å². The van der Waals surface area contributed by atoms with Crippen LogP contribution in [0.1, 0.15) is 10.4 Å². The molecule has 0 saturated heterocycles. The van der Waals surface area contributed by atoms with Crippen LogP contribution in [0.15, 0.2) is 71.1 Å². The van der Waals surface area contributed by atoms with Crippen molar-refractivity contribution in [2.24, 2.45) is 0 Å². The van der Waals surface area contributed by atoms with Crippen LogP contribution in [0, 0.1) is 0 Å². The van der Waals surface area contributed by atoms with Crippen molar-refractivity contribution in [1.29, 1.82) is 0 Å². The Kier molecular flexibility index (Phi) is 4.68. The summed E-state index contributed by atoms with van der Waals surface area (Å²) in [4.78, 5) is 17.0. The van der Waals surface area contributed by atoms with Crippen LogP contribution in [0.3, 0.4) is 0 Å². The van der Waals surface area contributed by atoms with Crippen molar-refractivity contribution in [3.8, 4) is 23.0 Å². The second kappa shape index (κ2) is 7.44. The Hall–Kier alpha value is -3.80. The van der Waals surface area contributed by atoms with Gasteiger partial charge in [-0.3, -0.25) is 4.79 Å². The maximum absolute atomic E-state index is 12.5. The standard InChI is InChI=1S/C22H18N2O4/c1-26-17-8-6-14(7-9-17)21(25)23-16-5-3-4-15(12-16)22-24-19-13-18(27-2)10-11-20(19)28-22/h3-13H,1-2H3,(H,23,25). The number of fused-ring (bicyclic) bond motifs is 1. The first-order valence-corrected chi connectivity index (χ1v) is 8.67. The minimum atomic E-state index is -0.206. The van der Waals surface area contributed by atoms with Gasteiger partial charge in [-0.1, -0.05) is 6.07 Å². The highest BCUT2D eigenvalue weighted by molar-refractivity contribution is 6.04. The Balaban J connectivity index is 1.58. The highest BCUT2D eigenvalue weighted by atomic mass is 16.5. The van der Waals surface area contributed by atoms with Crippen LogP contribution in [0.25, 0.3) is 22.6 Å². The summed E-state index contributed by atoms with van der Waals surface area (Å²) in [6.07, 6.45) is 0. The van der Waals surface area contributed by atoms with Crippen molar-refractivity contribution in [1.82, 2.24) is 4.98 Å². The molecule has 6 nitrogen and oxygen atoms in total. The fraction of sp³-hybridized carbons (Fsp3) is 0.0909. The molecule has 6 heteroatoms. The fourth-order valence-corrected chi connectivity index (χ4v) is 2.83. The van der Waals surface area contributed by atoms with Gasteiger partial charge in [-0.05, 0) is 54.6 Å². The van der Waals surface area contributed by atoms with Crippen molar-refractivity contribution in [3.05, 3.63) is 72.3 Å². The van der Waals surface area contributed by atoms with Gasteiger partial charge < -0.3 is 19.2 Å². The summed E-state index contributed by atoms with van der Waals surface area (Å²) in [5.74, 6) is 1.69. The van der Waals surface area contributed by atoms with Crippen molar-refractivity contribution in [2.75, 3.05) is 19.5 Å². The van der Waals surface area contributed by atoms with Gasteiger partial charge in [-0.2, -0.15) is 0 Å². The van der Waals surface area contributed by atoms with Gasteiger partial charge in [0.05, 0.1) is 14.2 Å². The lowest BCUT2D eigenvalue weighted by atomic mass is 10.1. The molecule has 140 valence electrons. The zero-order valence-corrected chi connectivity index (χ0v) is 15.4. The van der Waals surface area contributed by atoms with Crippen LogP contribution in [-0.4, -0.2) is 25.1 Å². The molecule has 1 amide bonds. The Morgan fingerprint density at radius 2 is 1.68 bits per heavy atom. The average molecular weight is 374 g/mol. The molecule has 0 bridgehead atoms. The zero-order valence-electron chi connectivity index (χ0n) is 15.4. The summed E-state index contributed by atoms with van der Waals surface area (Å²) in [7, 11) is 3.19. The Morgan fingerprint density at radius 3 is 2.43 bits per heavy atom. The highest BCUT2D eigenvalue weighted by Crippen LogP contribution is 2.28. The molecule has 0 atom stereocenters. The number of aromatic nitrogens is 1. The van der Waals surface area contributed by atoms with E-state index in [1.807, 2.05) is 42.5 Å². The molecule has 0 aliphatic heterocycles. The SMILES string of the molecule is COc1ccc(C(=O)Nc2cccc(-c3nc4cc(OC)ccc4o3)c2)cc1. The Bertz CT molecular complexity index is 1130. The number of rotatable bonds is 5. The van der Waals surface area contributed by atoms with Crippen molar-refractivity contribution < 1.29 is 18.7 Å². The molecular formula is C22H18N2O4. The molecule has 3 aromatic carbocycles. The fourth-order valence-electron chi connectivity index (χ4n) is 2.83. The van der Waals surface area contributed by atoms with Crippen LogP contribution in [-0.2, 0) is 0 Å². The molecule has 1 heterocycles. The summed E-state index contributed by atoms with van der Waals surface area (Å²) in [5.41, 5.74) is 3.34. The Morgan fingerprint density at radius 1 is 0.929 bits per heavy atom. The first kappa shape index (κ1) is 17.6. The Labute approximate surface area is 161 Å². The van der Waals surface area contributed by atoms with E-state index in [0.29, 0.717) is 39.7 Å². The maximum Gasteiger partial charge on any atom is 0.255 e. The van der Waals surface area contributed by atoms with Gasteiger partial charge in [-0.25, -0.2) is 4.98 Å². The predicted octanol–water partition coefficient (Wildman–Crippen LogP) is 4.76. The molecule has 0 unspecified atom stereocenters. The van der Waals surface area contributed by atoms with Gasteiger partial charge in [0.25, 0.3) is 5.91 Å². The van der Waals surface area contributed by atoms with Crippen LogP contribution in [0.4, 0.5) is 5.69 Å². The number of hydrogen-bond donors (Lipinski definition) is 1. The number of carbonyl (C=O) groups excluding carboxylic acids is 1. The second-order valence-electron chi connectivity index (χ2n) is 6.12. The smallest absolute Gasteiger partial charge is 0.255 e. The lowest BCUT2D eigenvalue weighted by Gasteiger charge is -2.07. The van der Waals surface area contributed by atoms with Gasteiger partial charge in [0, 0.05) is 22.9 Å². The predicted molar refractivity (Wildman–Crippen MR) is 107 cm³/mol. The van der Waals surface area contributed by atoms with Crippen LogP contribution in [0.2, 0.25) is 0 Å². The first-order valence-electron chi connectivity index (χ1n) is 8.67. The first-order chi connectivity index (χ1) is 13.7. The third-order valence-corrected chi connectivity index (χ3v) is 4.31. The molecule has 4 aromatic rings. The van der Waals surface area contributed by atoms with E-state index >= 15 is 0 Å². The van der Waals surface area contributed by atoms with E-state index in [1.54, 1.807) is 38.5 Å². The van der Waals surface area contributed by atoms with E-state index in [0.717, 1.165) is 5.56 Å². The van der Waals surface area contributed by atoms with E-state index in [2.05, 4.69) is 10.3 Å². The summed E-state index contributed by atoms with van der Waals surface area (Å²) in [5, 5.41) is 2.89. The van der Waals surface area contributed by atoms with Crippen LogP contribution >= 0.6 is 0 Å². The van der Waals surface area contributed by atoms with E-state index in [-0.39, 0.29) is 5.91 Å². The largest absolute Gasteiger partial charge is 0.497 e. The van der Waals surface area contributed by atoms with Crippen molar-refractivity contribution in [2.45, 2.75) is 0 Å². The number of carbonyl (C=O) groups is 1. The summed E-state index contributed by atoms with van der Waals surface area (Å²) >= 11 is 0. The third-order valence-electron chi connectivity index (χ3n) is 4.31. The summed E-state index contributed by atoms with van der Waals surface area (Å²) in [6.45, 7) is 0. The van der Waals surface area contributed by atoms with Gasteiger partial charge in [0.1, 0.15) is 17.0 Å². The van der Waals surface area contributed by atoms with Crippen LogP contribution < -0.4 is 14.8 Å². The van der Waals surface area contributed by atoms with E-state index in [1.165, 1.54) is 0 Å². The number of oxazole rings is 1. The molecule has 28 heavy (non-hydrogen) atoms. The summed E-state index contributed by atoms with van der Waals surface area (Å²) in [6, 6.07) is 19.7. The molecule has 0 aliphatic rings. The number of benzene rings is 3. The minimum Gasteiger partial charge on any atom is -0.497 e. The van der Waals surface area contributed by atoms with Gasteiger partial charge in [0.15, 0.2) is 5.58 Å². The number of ether oxygens (including phenoxy) is 2. The average Bonchev–Trinajstić information content (AvgIpc) is 3.17.